The summed E-state index contributed by atoms with van der Waals surface area (Å²) in [5.74, 6) is 1.61. The second kappa shape index (κ2) is 8.28. The van der Waals surface area contributed by atoms with Crippen LogP contribution in [-0.4, -0.2) is 62.0 Å². The lowest BCUT2D eigenvalue weighted by atomic mass is 10.1. The maximum atomic E-state index is 5.99. The van der Waals surface area contributed by atoms with E-state index in [4.69, 9.17) is 14.5 Å². The van der Waals surface area contributed by atoms with Crippen molar-refractivity contribution < 1.29 is 9.47 Å². The molecule has 142 valence electrons. The van der Waals surface area contributed by atoms with Gasteiger partial charge in [0.25, 0.3) is 0 Å². The molecular weight excluding hydrogens is 394 g/mol. The van der Waals surface area contributed by atoms with E-state index in [2.05, 4.69) is 57.3 Å². The van der Waals surface area contributed by atoms with E-state index < -0.39 is 0 Å². The SMILES string of the molecule is CCN=C(NC1CC1c1ccc(Br)cc1)N1CCOC(C2CCCO2)C1. The lowest BCUT2D eigenvalue weighted by Crippen LogP contribution is -2.53. The third-order valence-electron chi connectivity index (χ3n) is 5.48. The highest BCUT2D eigenvalue weighted by Crippen LogP contribution is 2.41. The second-order valence-corrected chi connectivity index (χ2v) is 8.26. The molecule has 0 amide bonds. The number of rotatable bonds is 4. The van der Waals surface area contributed by atoms with E-state index in [0.717, 1.165) is 56.1 Å². The molecule has 0 radical (unpaired) electrons. The average Bonchev–Trinajstić information content (AvgIpc) is 3.20. The number of benzene rings is 1. The number of nitrogens with zero attached hydrogens (tertiary/aromatic N) is 2. The van der Waals surface area contributed by atoms with Crippen LogP contribution in [0.5, 0.6) is 0 Å². The number of nitrogens with one attached hydrogen (secondary N) is 1. The van der Waals surface area contributed by atoms with Gasteiger partial charge in [0.15, 0.2) is 5.96 Å². The molecule has 0 spiro atoms. The molecule has 6 heteroatoms. The summed E-state index contributed by atoms with van der Waals surface area (Å²) in [5, 5.41) is 3.70. The van der Waals surface area contributed by atoms with Crippen molar-refractivity contribution in [1.29, 1.82) is 0 Å². The predicted octanol–water partition coefficient (Wildman–Crippen LogP) is 3.15. The number of guanidine groups is 1. The van der Waals surface area contributed by atoms with E-state index in [0.29, 0.717) is 12.0 Å². The van der Waals surface area contributed by atoms with Gasteiger partial charge in [-0.15, -0.1) is 0 Å². The molecule has 1 aliphatic carbocycles. The first-order valence-corrected chi connectivity index (χ1v) is 10.6. The van der Waals surface area contributed by atoms with Crippen molar-refractivity contribution in [3.63, 3.8) is 0 Å². The Balaban J connectivity index is 1.37. The Hall–Kier alpha value is -1.11. The summed E-state index contributed by atoms with van der Waals surface area (Å²) in [5.41, 5.74) is 1.40. The number of morpholine rings is 1. The zero-order chi connectivity index (χ0) is 17.9. The van der Waals surface area contributed by atoms with Gasteiger partial charge < -0.3 is 19.7 Å². The number of hydrogen-bond acceptors (Lipinski definition) is 3. The smallest absolute Gasteiger partial charge is 0.194 e. The van der Waals surface area contributed by atoms with Crippen LogP contribution in [0.15, 0.2) is 33.7 Å². The highest BCUT2D eigenvalue weighted by atomic mass is 79.9. The first-order chi connectivity index (χ1) is 12.7. The Morgan fingerprint density at radius 1 is 1.23 bits per heavy atom. The molecule has 26 heavy (non-hydrogen) atoms. The van der Waals surface area contributed by atoms with Crippen LogP contribution < -0.4 is 5.32 Å². The largest absolute Gasteiger partial charge is 0.375 e. The van der Waals surface area contributed by atoms with Crippen molar-refractivity contribution in [3.8, 4) is 0 Å². The molecule has 3 fully saturated rings. The van der Waals surface area contributed by atoms with Gasteiger partial charge >= 0.3 is 0 Å². The van der Waals surface area contributed by atoms with E-state index >= 15 is 0 Å². The fraction of sp³-hybridized carbons (Fsp3) is 0.650. The van der Waals surface area contributed by atoms with Gasteiger partial charge in [-0.05, 0) is 43.9 Å². The van der Waals surface area contributed by atoms with Gasteiger partial charge in [-0.25, -0.2) is 0 Å². The second-order valence-electron chi connectivity index (χ2n) is 7.35. The molecule has 4 rings (SSSR count). The topological polar surface area (TPSA) is 46.1 Å². The normalized spacial score (nSPS) is 31.9. The van der Waals surface area contributed by atoms with E-state index in [9.17, 15) is 0 Å². The minimum atomic E-state index is 0.163. The molecule has 1 aromatic carbocycles. The summed E-state index contributed by atoms with van der Waals surface area (Å²) in [6.07, 6.45) is 3.84. The summed E-state index contributed by atoms with van der Waals surface area (Å²) < 4.78 is 13.0. The highest BCUT2D eigenvalue weighted by Gasteiger charge is 2.40. The van der Waals surface area contributed by atoms with Crippen molar-refractivity contribution in [2.24, 2.45) is 4.99 Å². The molecule has 1 N–H and O–H groups in total. The Morgan fingerprint density at radius 2 is 2.04 bits per heavy atom. The molecule has 1 aromatic rings. The van der Waals surface area contributed by atoms with Crippen LogP contribution in [0, 0.1) is 0 Å². The van der Waals surface area contributed by atoms with E-state index in [1.165, 1.54) is 12.0 Å². The summed E-state index contributed by atoms with van der Waals surface area (Å²) in [7, 11) is 0. The van der Waals surface area contributed by atoms with Gasteiger partial charge in [-0.1, -0.05) is 28.1 Å². The monoisotopic (exact) mass is 421 g/mol. The fourth-order valence-corrected chi connectivity index (χ4v) is 4.24. The van der Waals surface area contributed by atoms with Crippen LogP contribution in [0.1, 0.15) is 37.7 Å². The standard InChI is InChI=1S/C20H28BrN3O2/c1-2-22-20(23-17-12-16(17)14-5-7-15(21)8-6-14)24-9-11-26-19(13-24)18-4-3-10-25-18/h5-8,16-19H,2-4,9-13H2,1H3,(H,22,23). The van der Waals surface area contributed by atoms with Crippen molar-refractivity contribution >= 4 is 21.9 Å². The minimum absolute atomic E-state index is 0.163. The molecule has 2 aliphatic heterocycles. The number of halogens is 1. The zero-order valence-electron chi connectivity index (χ0n) is 15.4. The van der Waals surface area contributed by atoms with Crippen LogP contribution in [0.3, 0.4) is 0 Å². The fourth-order valence-electron chi connectivity index (χ4n) is 3.97. The van der Waals surface area contributed by atoms with Crippen molar-refractivity contribution in [1.82, 2.24) is 10.2 Å². The molecule has 4 atom stereocenters. The molecule has 1 saturated carbocycles. The van der Waals surface area contributed by atoms with Crippen LogP contribution >= 0.6 is 15.9 Å². The maximum absolute atomic E-state index is 5.99. The van der Waals surface area contributed by atoms with Gasteiger partial charge in [-0.2, -0.15) is 0 Å². The lowest BCUT2D eigenvalue weighted by Gasteiger charge is -2.37. The van der Waals surface area contributed by atoms with Crippen LogP contribution in [0.2, 0.25) is 0 Å². The summed E-state index contributed by atoms with van der Waals surface area (Å²) in [6, 6.07) is 9.16. The molecule has 4 unspecified atom stereocenters. The van der Waals surface area contributed by atoms with Crippen LogP contribution in [-0.2, 0) is 9.47 Å². The third-order valence-corrected chi connectivity index (χ3v) is 6.01. The maximum Gasteiger partial charge on any atom is 0.194 e. The van der Waals surface area contributed by atoms with Crippen molar-refractivity contribution in [2.45, 2.75) is 50.4 Å². The van der Waals surface area contributed by atoms with Gasteiger partial charge in [0.2, 0.25) is 0 Å². The van der Waals surface area contributed by atoms with E-state index in [1.807, 2.05) is 0 Å². The highest BCUT2D eigenvalue weighted by molar-refractivity contribution is 9.10. The van der Waals surface area contributed by atoms with Crippen molar-refractivity contribution in [2.75, 3.05) is 32.8 Å². The molecule has 2 heterocycles. The molecule has 3 aliphatic rings. The molecule has 0 aromatic heterocycles. The quantitative estimate of drug-likeness (QED) is 0.598. The van der Waals surface area contributed by atoms with Crippen LogP contribution in [0.4, 0.5) is 0 Å². The van der Waals surface area contributed by atoms with Gasteiger partial charge in [0.1, 0.15) is 6.10 Å². The number of hydrogen-bond donors (Lipinski definition) is 1. The molecular formula is C20H28BrN3O2. The average molecular weight is 422 g/mol. The van der Waals surface area contributed by atoms with Gasteiger partial charge in [0, 0.05) is 42.7 Å². The zero-order valence-corrected chi connectivity index (χ0v) is 17.0. The van der Waals surface area contributed by atoms with E-state index in [-0.39, 0.29) is 12.2 Å². The Labute approximate surface area is 164 Å². The Morgan fingerprint density at radius 3 is 2.77 bits per heavy atom. The van der Waals surface area contributed by atoms with E-state index in [1.54, 1.807) is 0 Å². The Bertz CT molecular complexity index is 630. The summed E-state index contributed by atoms with van der Waals surface area (Å²) in [6.45, 7) is 6.26. The molecule has 2 saturated heterocycles. The summed E-state index contributed by atoms with van der Waals surface area (Å²) >= 11 is 3.51. The first kappa shape index (κ1) is 18.3. The molecule has 0 bridgehead atoms. The number of aliphatic imine (C=N–C) groups is 1. The number of ether oxygens (including phenoxy) is 2. The first-order valence-electron chi connectivity index (χ1n) is 9.79. The minimum Gasteiger partial charge on any atom is -0.375 e. The Kier molecular flexibility index (Phi) is 5.81. The summed E-state index contributed by atoms with van der Waals surface area (Å²) in [4.78, 5) is 7.12. The van der Waals surface area contributed by atoms with Crippen LogP contribution in [0.25, 0.3) is 0 Å². The lowest BCUT2D eigenvalue weighted by molar-refractivity contribution is -0.0817. The van der Waals surface area contributed by atoms with Crippen molar-refractivity contribution in [3.05, 3.63) is 34.3 Å². The molecule has 5 nitrogen and oxygen atoms in total. The van der Waals surface area contributed by atoms with Gasteiger partial charge in [-0.3, -0.25) is 4.99 Å². The third kappa shape index (κ3) is 4.24. The predicted molar refractivity (Wildman–Crippen MR) is 107 cm³/mol. The van der Waals surface area contributed by atoms with Gasteiger partial charge in [0.05, 0.1) is 12.7 Å².